The van der Waals surface area contributed by atoms with Crippen LogP contribution >= 0.6 is 0 Å². The van der Waals surface area contributed by atoms with E-state index in [9.17, 15) is 9.90 Å². The molecule has 0 aliphatic heterocycles. The van der Waals surface area contributed by atoms with Crippen LogP contribution in [0.2, 0.25) is 0 Å². The van der Waals surface area contributed by atoms with Gasteiger partial charge in [-0.25, -0.2) is 0 Å². The Bertz CT molecular complexity index is 386. The number of hydrogen-bond donors (Lipinski definition) is 2. The van der Waals surface area contributed by atoms with Gasteiger partial charge in [-0.3, -0.25) is 9.79 Å². The Morgan fingerprint density at radius 1 is 1.47 bits per heavy atom. The first kappa shape index (κ1) is 11.2. The van der Waals surface area contributed by atoms with E-state index in [1.165, 1.54) is 0 Å². The number of amidine groups is 1. The molecule has 0 radical (unpaired) electrons. The van der Waals surface area contributed by atoms with Crippen molar-refractivity contribution in [3.63, 3.8) is 0 Å². The SMILES string of the molecule is CN=C(N)CC(=O)Cc1ccccc1O. The number of rotatable bonds is 4. The summed E-state index contributed by atoms with van der Waals surface area (Å²) in [6.45, 7) is 0. The van der Waals surface area contributed by atoms with Crippen molar-refractivity contribution in [2.45, 2.75) is 12.8 Å². The van der Waals surface area contributed by atoms with Gasteiger partial charge in [0.15, 0.2) is 0 Å². The number of benzene rings is 1. The molecule has 0 aromatic heterocycles. The fourth-order valence-corrected chi connectivity index (χ4v) is 1.22. The van der Waals surface area contributed by atoms with E-state index in [1.807, 2.05) is 0 Å². The molecular formula is C11H14N2O2. The van der Waals surface area contributed by atoms with E-state index in [0.29, 0.717) is 11.4 Å². The third-order valence-corrected chi connectivity index (χ3v) is 2.04. The molecule has 0 saturated carbocycles. The van der Waals surface area contributed by atoms with Crippen LogP contribution in [0.3, 0.4) is 0 Å². The highest BCUT2D eigenvalue weighted by Crippen LogP contribution is 2.16. The lowest BCUT2D eigenvalue weighted by Crippen LogP contribution is -2.18. The van der Waals surface area contributed by atoms with Crippen molar-refractivity contribution < 1.29 is 9.90 Å². The predicted molar refractivity (Wildman–Crippen MR) is 59.0 cm³/mol. The Morgan fingerprint density at radius 3 is 2.73 bits per heavy atom. The van der Waals surface area contributed by atoms with Gasteiger partial charge in [-0.15, -0.1) is 0 Å². The summed E-state index contributed by atoms with van der Waals surface area (Å²) >= 11 is 0. The van der Waals surface area contributed by atoms with Crippen molar-refractivity contribution >= 4 is 11.6 Å². The first-order valence-electron chi connectivity index (χ1n) is 4.63. The molecule has 80 valence electrons. The van der Waals surface area contributed by atoms with Crippen molar-refractivity contribution in [2.75, 3.05) is 7.05 Å². The Morgan fingerprint density at radius 2 is 2.13 bits per heavy atom. The van der Waals surface area contributed by atoms with E-state index < -0.39 is 0 Å². The molecule has 0 aliphatic rings. The van der Waals surface area contributed by atoms with Gasteiger partial charge >= 0.3 is 0 Å². The minimum Gasteiger partial charge on any atom is -0.508 e. The molecule has 0 unspecified atom stereocenters. The summed E-state index contributed by atoms with van der Waals surface area (Å²) in [6, 6.07) is 6.76. The molecule has 0 saturated heterocycles. The van der Waals surface area contributed by atoms with E-state index in [1.54, 1.807) is 31.3 Å². The maximum Gasteiger partial charge on any atom is 0.144 e. The summed E-state index contributed by atoms with van der Waals surface area (Å²) in [5, 5.41) is 9.44. The van der Waals surface area contributed by atoms with E-state index in [0.717, 1.165) is 0 Å². The lowest BCUT2D eigenvalue weighted by molar-refractivity contribution is -0.117. The number of carbonyl (C=O) groups is 1. The number of phenols is 1. The number of ketones is 1. The Labute approximate surface area is 88.4 Å². The number of para-hydroxylation sites is 1. The second kappa shape index (κ2) is 5.14. The molecule has 3 N–H and O–H groups in total. The van der Waals surface area contributed by atoms with Crippen LogP contribution in [-0.4, -0.2) is 23.8 Å². The smallest absolute Gasteiger partial charge is 0.144 e. The molecule has 0 aliphatic carbocycles. The number of hydrogen-bond acceptors (Lipinski definition) is 3. The van der Waals surface area contributed by atoms with Crippen LogP contribution in [-0.2, 0) is 11.2 Å². The van der Waals surface area contributed by atoms with Gasteiger partial charge in [0.2, 0.25) is 0 Å². The molecule has 1 aromatic carbocycles. The molecule has 4 nitrogen and oxygen atoms in total. The second-order valence-electron chi connectivity index (χ2n) is 3.24. The average Bonchev–Trinajstić information content (AvgIpc) is 2.21. The van der Waals surface area contributed by atoms with Crippen LogP contribution in [0.1, 0.15) is 12.0 Å². The molecule has 0 bridgehead atoms. The highest BCUT2D eigenvalue weighted by atomic mass is 16.3. The summed E-state index contributed by atoms with van der Waals surface area (Å²) in [4.78, 5) is 15.2. The predicted octanol–water partition coefficient (Wildman–Crippen LogP) is 0.881. The van der Waals surface area contributed by atoms with Gasteiger partial charge in [0.05, 0.1) is 6.42 Å². The third-order valence-electron chi connectivity index (χ3n) is 2.04. The summed E-state index contributed by atoms with van der Waals surface area (Å²) in [5.74, 6) is 0.396. The largest absolute Gasteiger partial charge is 0.508 e. The number of phenolic OH excluding ortho intramolecular Hbond substituents is 1. The summed E-state index contributed by atoms with van der Waals surface area (Å²) < 4.78 is 0. The van der Waals surface area contributed by atoms with Crippen LogP contribution in [0.15, 0.2) is 29.3 Å². The van der Waals surface area contributed by atoms with Crippen LogP contribution < -0.4 is 5.73 Å². The summed E-state index contributed by atoms with van der Waals surface area (Å²) in [6.07, 6.45) is 0.313. The van der Waals surface area contributed by atoms with Crippen LogP contribution in [0, 0.1) is 0 Å². The lowest BCUT2D eigenvalue weighted by Gasteiger charge is -2.03. The monoisotopic (exact) mass is 206 g/mol. The number of Topliss-reactive ketones (excluding diaryl/α,β-unsaturated/α-hetero) is 1. The van der Waals surface area contributed by atoms with E-state index in [4.69, 9.17) is 5.73 Å². The van der Waals surface area contributed by atoms with Gasteiger partial charge in [-0.2, -0.15) is 0 Å². The quantitative estimate of drug-likeness (QED) is 0.567. The minimum absolute atomic E-state index is 0.0559. The third kappa shape index (κ3) is 3.42. The molecule has 0 spiro atoms. The second-order valence-corrected chi connectivity index (χ2v) is 3.24. The van der Waals surface area contributed by atoms with Gasteiger partial charge in [-0.1, -0.05) is 18.2 Å². The first-order valence-corrected chi connectivity index (χ1v) is 4.63. The zero-order valence-corrected chi connectivity index (χ0v) is 8.60. The molecule has 0 amide bonds. The number of aromatic hydroxyl groups is 1. The Kier molecular flexibility index (Phi) is 3.85. The average molecular weight is 206 g/mol. The van der Waals surface area contributed by atoms with Crippen molar-refractivity contribution in [3.8, 4) is 5.75 Å². The van der Waals surface area contributed by atoms with Crippen LogP contribution in [0.25, 0.3) is 0 Å². The Hall–Kier alpha value is -1.84. The summed E-state index contributed by atoms with van der Waals surface area (Å²) in [5.41, 5.74) is 6.05. The van der Waals surface area contributed by atoms with Gasteiger partial charge in [-0.05, 0) is 6.07 Å². The molecule has 1 aromatic rings. The van der Waals surface area contributed by atoms with Crippen molar-refractivity contribution in [1.29, 1.82) is 0 Å². The van der Waals surface area contributed by atoms with Crippen molar-refractivity contribution in [2.24, 2.45) is 10.7 Å². The lowest BCUT2D eigenvalue weighted by atomic mass is 10.1. The maximum absolute atomic E-state index is 11.5. The molecule has 0 fully saturated rings. The highest BCUT2D eigenvalue weighted by molar-refractivity contribution is 6.00. The van der Waals surface area contributed by atoms with Gasteiger partial charge in [0, 0.05) is 19.0 Å². The fourth-order valence-electron chi connectivity index (χ4n) is 1.22. The first-order chi connectivity index (χ1) is 7.13. The van der Waals surface area contributed by atoms with Gasteiger partial charge in [0.1, 0.15) is 17.4 Å². The minimum atomic E-state index is -0.0559. The fraction of sp³-hybridized carbons (Fsp3) is 0.273. The van der Waals surface area contributed by atoms with Gasteiger partial charge < -0.3 is 10.8 Å². The molecular weight excluding hydrogens is 192 g/mol. The standard InChI is InChI=1S/C11H14N2O2/c1-13-11(12)7-9(14)6-8-4-2-3-5-10(8)15/h2-5,15H,6-7H2,1H3,(H2,12,13). The number of aliphatic imine (C=N–C) groups is 1. The number of carbonyl (C=O) groups excluding carboxylic acids is 1. The topological polar surface area (TPSA) is 75.7 Å². The van der Waals surface area contributed by atoms with Crippen LogP contribution in [0.5, 0.6) is 5.75 Å². The molecule has 0 atom stereocenters. The Balaban J connectivity index is 2.63. The van der Waals surface area contributed by atoms with E-state index in [2.05, 4.69) is 4.99 Å². The van der Waals surface area contributed by atoms with Crippen LogP contribution in [0.4, 0.5) is 0 Å². The van der Waals surface area contributed by atoms with Crippen molar-refractivity contribution in [1.82, 2.24) is 0 Å². The van der Waals surface area contributed by atoms with E-state index >= 15 is 0 Å². The zero-order valence-electron chi connectivity index (χ0n) is 8.60. The van der Waals surface area contributed by atoms with Crippen molar-refractivity contribution in [3.05, 3.63) is 29.8 Å². The molecule has 15 heavy (non-hydrogen) atoms. The normalized spacial score (nSPS) is 11.4. The highest BCUT2D eigenvalue weighted by Gasteiger charge is 2.08. The molecule has 1 rings (SSSR count). The molecule has 4 heteroatoms. The number of nitrogens with two attached hydrogens (primary N) is 1. The maximum atomic E-state index is 11.5. The molecule has 0 heterocycles. The van der Waals surface area contributed by atoms with Gasteiger partial charge in [0.25, 0.3) is 0 Å². The van der Waals surface area contributed by atoms with E-state index in [-0.39, 0.29) is 24.4 Å². The zero-order chi connectivity index (χ0) is 11.3. The number of nitrogens with zero attached hydrogens (tertiary/aromatic N) is 1. The summed E-state index contributed by atoms with van der Waals surface area (Å²) in [7, 11) is 1.54.